The summed E-state index contributed by atoms with van der Waals surface area (Å²) in [5.74, 6) is 0. The molecule has 2 aromatic carbocycles. The third-order valence-electron chi connectivity index (χ3n) is 2.80. The van der Waals surface area contributed by atoms with E-state index in [2.05, 4.69) is 37.3 Å². The summed E-state index contributed by atoms with van der Waals surface area (Å²) in [5, 5.41) is 2.75. The van der Waals surface area contributed by atoms with Crippen LogP contribution in [0.5, 0.6) is 0 Å². The molecule has 0 amide bonds. The molecule has 0 aliphatic carbocycles. The van der Waals surface area contributed by atoms with E-state index < -0.39 is 0 Å². The van der Waals surface area contributed by atoms with Gasteiger partial charge in [-0.05, 0) is 28.8 Å². The lowest BCUT2D eigenvalue weighted by molar-refractivity contribution is 0.103. The minimum absolute atomic E-state index is 0.757. The first kappa shape index (κ1) is 8.01. The average molecular weight is 184 g/mol. The van der Waals surface area contributed by atoms with Crippen LogP contribution in [0.25, 0.3) is 10.8 Å². The van der Waals surface area contributed by atoms with Gasteiger partial charge < -0.3 is 4.74 Å². The van der Waals surface area contributed by atoms with Gasteiger partial charge in [0.25, 0.3) is 0 Å². The van der Waals surface area contributed by atoms with Gasteiger partial charge in [-0.3, -0.25) is 0 Å². The van der Waals surface area contributed by atoms with Crippen LogP contribution in [0.3, 0.4) is 0 Å². The van der Waals surface area contributed by atoms with Crippen molar-refractivity contribution < 1.29 is 4.74 Å². The van der Waals surface area contributed by atoms with Crippen molar-refractivity contribution in [2.75, 3.05) is 0 Å². The molecule has 0 unspecified atom stereocenters. The van der Waals surface area contributed by atoms with Crippen LogP contribution in [0.1, 0.15) is 16.7 Å². The first-order valence-electron chi connectivity index (χ1n) is 4.93. The summed E-state index contributed by atoms with van der Waals surface area (Å²) < 4.78 is 5.54. The number of rotatable bonds is 0. The van der Waals surface area contributed by atoms with Crippen LogP contribution in [0, 0.1) is 6.92 Å². The molecule has 0 atom stereocenters. The maximum atomic E-state index is 5.54. The summed E-state index contributed by atoms with van der Waals surface area (Å²) in [7, 11) is 0. The van der Waals surface area contributed by atoms with E-state index >= 15 is 0 Å². The zero-order valence-corrected chi connectivity index (χ0v) is 8.21. The molecule has 0 saturated carbocycles. The van der Waals surface area contributed by atoms with E-state index in [-0.39, 0.29) is 0 Å². The van der Waals surface area contributed by atoms with Crippen LogP contribution < -0.4 is 0 Å². The van der Waals surface area contributed by atoms with Gasteiger partial charge in [-0.15, -0.1) is 0 Å². The monoisotopic (exact) mass is 184 g/mol. The molecule has 1 nitrogen and oxygen atoms in total. The molecule has 0 saturated heterocycles. The second-order valence-corrected chi connectivity index (χ2v) is 3.93. The van der Waals surface area contributed by atoms with Crippen molar-refractivity contribution in [3.8, 4) is 0 Å². The number of benzene rings is 2. The van der Waals surface area contributed by atoms with E-state index in [0.29, 0.717) is 0 Å². The van der Waals surface area contributed by atoms with E-state index in [0.717, 1.165) is 13.2 Å². The lowest BCUT2D eigenvalue weighted by atomic mass is 9.96. The van der Waals surface area contributed by atoms with Crippen LogP contribution in [0.4, 0.5) is 0 Å². The Morgan fingerprint density at radius 3 is 2.86 bits per heavy atom. The molecule has 0 spiro atoms. The lowest BCUT2D eigenvalue weighted by Gasteiger charge is -2.18. The van der Waals surface area contributed by atoms with Crippen molar-refractivity contribution in [3.63, 3.8) is 0 Å². The molecule has 14 heavy (non-hydrogen) atoms. The van der Waals surface area contributed by atoms with E-state index in [1.54, 1.807) is 0 Å². The normalized spacial score (nSPS) is 14.6. The highest BCUT2D eigenvalue weighted by Crippen LogP contribution is 2.29. The standard InChI is InChI=1S/C13H12O/c1-9-5-10-3-2-4-11-7-14-8-12(6-9)13(10)11/h2-6H,7-8H2,1H3. The van der Waals surface area contributed by atoms with Gasteiger partial charge in [0, 0.05) is 0 Å². The summed E-state index contributed by atoms with van der Waals surface area (Å²) >= 11 is 0. The maximum absolute atomic E-state index is 5.54. The van der Waals surface area contributed by atoms with Crippen LogP contribution in [0.2, 0.25) is 0 Å². The van der Waals surface area contributed by atoms with Gasteiger partial charge in [0.2, 0.25) is 0 Å². The highest BCUT2D eigenvalue weighted by Gasteiger charge is 2.12. The first-order chi connectivity index (χ1) is 6.84. The fraction of sp³-hybridized carbons (Fsp3) is 0.231. The molecule has 1 heteroatoms. The number of ether oxygens (including phenoxy) is 1. The van der Waals surface area contributed by atoms with Gasteiger partial charge in [0.1, 0.15) is 0 Å². The molecular weight excluding hydrogens is 172 g/mol. The lowest BCUT2D eigenvalue weighted by Crippen LogP contribution is -2.04. The summed E-state index contributed by atoms with van der Waals surface area (Å²) in [4.78, 5) is 0. The topological polar surface area (TPSA) is 9.23 Å². The Balaban J connectivity index is 2.48. The quantitative estimate of drug-likeness (QED) is 0.611. The Labute approximate surface area is 83.3 Å². The highest BCUT2D eigenvalue weighted by atomic mass is 16.5. The van der Waals surface area contributed by atoms with Gasteiger partial charge >= 0.3 is 0 Å². The van der Waals surface area contributed by atoms with Gasteiger partial charge in [-0.25, -0.2) is 0 Å². The molecule has 0 aromatic heterocycles. The third-order valence-corrected chi connectivity index (χ3v) is 2.80. The van der Waals surface area contributed by atoms with Gasteiger partial charge in [0.05, 0.1) is 13.2 Å². The van der Waals surface area contributed by atoms with Gasteiger partial charge in [-0.2, -0.15) is 0 Å². The predicted molar refractivity (Wildman–Crippen MR) is 57.2 cm³/mol. The molecule has 1 aliphatic rings. The molecule has 3 rings (SSSR count). The molecule has 0 radical (unpaired) electrons. The Hall–Kier alpha value is -1.34. The molecular formula is C13H12O. The van der Waals surface area contributed by atoms with Gasteiger partial charge in [-0.1, -0.05) is 35.9 Å². The first-order valence-corrected chi connectivity index (χ1v) is 4.93. The fourth-order valence-corrected chi connectivity index (χ4v) is 2.27. The van der Waals surface area contributed by atoms with Crippen molar-refractivity contribution in [1.29, 1.82) is 0 Å². The Morgan fingerprint density at radius 2 is 1.93 bits per heavy atom. The highest BCUT2D eigenvalue weighted by molar-refractivity contribution is 5.89. The minimum atomic E-state index is 0.757. The Kier molecular flexibility index (Phi) is 1.62. The maximum Gasteiger partial charge on any atom is 0.0727 e. The molecule has 70 valence electrons. The van der Waals surface area contributed by atoms with Crippen molar-refractivity contribution >= 4 is 10.8 Å². The molecule has 2 aromatic rings. The number of aryl methyl sites for hydroxylation is 1. The van der Waals surface area contributed by atoms with Crippen molar-refractivity contribution in [3.05, 3.63) is 47.0 Å². The smallest absolute Gasteiger partial charge is 0.0727 e. The molecule has 0 fully saturated rings. The van der Waals surface area contributed by atoms with Crippen molar-refractivity contribution in [1.82, 2.24) is 0 Å². The summed E-state index contributed by atoms with van der Waals surface area (Å²) in [6.45, 7) is 3.65. The van der Waals surface area contributed by atoms with Crippen LogP contribution >= 0.6 is 0 Å². The Morgan fingerprint density at radius 1 is 1.07 bits per heavy atom. The third kappa shape index (κ3) is 1.06. The minimum Gasteiger partial charge on any atom is -0.372 e. The number of hydrogen-bond acceptors (Lipinski definition) is 1. The molecule has 0 N–H and O–H groups in total. The average Bonchev–Trinajstić information content (AvgIpc) is 2.18. The summed E-state index contributed by atoms with van der Waals surface area (Å²) in [6.07, 6.45) is 0. The summed E-state index contributed by atoms with van der Waals surface area (Å²) in [5.41, 5.74) is 3.97. The number of hydrogen-bond donors (Lipinski definition) is 0. The van der Waals surface area contributed by atoms with Crippen molar-refractivity contribution in [2.45, 2.75) is 20.1 Å². The zero-order chi connectivity index (χ0) is 9.54. The van der Waals surface area contributed by atoms with E-state index in [9.17, 15) is 0 Å². The van der Waals surface area contributed by atoms with E-state index in [1.807, 2.05) is 0 Å². The van der Waals surface area contributed by atoms with E-state index in [4.69, 9.17) is 4.74 Å². The molecule has 1 heterocycles. The SMILES string of the molecule is Cc1cc2c3c(cccc3c1)COC2. The fourth-order valence-electron chi connectivity index (χ4n) is 2.27. The van der Waals surface area contributed by atoms with E-state index in [1.165, 1.54) is 27.5 Å². The van der Waals surface area contributed by atoms with Crippen LogP contribution in [0.15, 0.2) is 30.3 Å². The second-order valence-electron chi connectivity index (χ2n) is 3.93. The van der Waals surface area contributed by atoms with Crippen molar-refractivity contribution in [2.24, 2.45) is 0 Å². The molecule has 1 aliphatic heterocycles. The van der Waals surface area contributed by atoms with Crippen LogP contribution in [-0.4, -0.2) is 0 Å². The summed E-state index contributed by atoms with van der Waals surface area (Å²) in [6, 6.07) is 10.9. The Bertz CT molecular complexity index is 500. The molecule has 0 bridgehead atoms. The van der Waals surface area contributed by atoms with Crippen LogP contribution in [-0.2, 0) is 18.0 Å². The zero-order valence-electron chi connectivity index (χ0n) is 8.21. The second kappa shape index (κ2) is 2.82. The van der Waals surface area contributed by atoms with Gasteiger partial charge in [0.15, 0.2) is 0 Å². The predicted octanol–water partition coefficient (Wildman–Crippen LogP) is 3.18. The largest absolute Gasteiger partial charge is 0.372 e.